The second kappa shape index (κ2) is 5.51. The van der Waals surface area contributed by atoms with E-state index in [4.69, 9.17) is 17.3 Å². The minimum Gasteiger partial charge on any atom is -0.320 e. The van der Waals surface area contributed by atoms with Crippen molar-refractivity contribution in [2.75, 3.05) is 0 Å². The van der Waals surface area contributed by atoms with Crippen LogP contribution >= 0.6 is 11.6 Å². The van der Waals surface area contributed by atoms with Gasteiger partial charge in [-0.1, -0.05) is 17.7 Å². The van der Waals surface area contributed by atoms with Crippen LogP contribution in [0.2, 0.25) is 5.02 Å². The van der Waals surface area contributed by atoms with Crippen molar-refractivity contribution in [1.82, 2.24) is 0 Å². The molecule has 0 aliphatic carbocycles. The molecule has 0 fully saturated rings. The molecule has 1 unspecified atom stereocenters. The van der Waals surface area contributed by atoms with Crippen molar-refractivity contribution in [1.29, 1.82) is 0 Å². The molecule has 0 aliphatic heterocycles. The molecule has 0 radical (unpaired) electrons. The van der Waals surface area contributed by atoms with Crippen molar-refractivity contribution in [3.63, 3.8) is 0 Å². The molecule has 2 aromatic carbocycles. The summed E-state index contributed by atoms with van der Waals surface area (Å²) >= 11 is 6.05. The van der Waals surface area contributed by atoms with Gasteiger partial charge in [0.05, 0.1) is 6.04 Å². The molecule has 4 heteroatoms. The maximum absolute atomic E-state index is 13.9. The van der Waals surface area contributed by atoms with E-state index in [1.54, 1.807) is 13.0 Å². The summed E-state index contributed by atoms with van der Waals surface area (Å²) in [6, 6.07) is 5.34. The molecule has 0 aliphatic rings. The van der Waals surface area contributed by atoms with Gasteiger partial charge in [-0.15, -0.1) is 0 Å². The molecule has 106 valence electrons. The third-order valence-electron chi connectivity index (χ3n) is 3.50. The van der Waals surface area contributed by atoms with Crippen LogP contribution < -0.4 is 5.73 Å². The fourth-order valence-electron chi connectivity index (χ4n) is 2.22. The van der Waals surface area contributed by atoms with E-state index in [1.807, 2.05) is 19.9 Å². The van der Waals surface area contributed by atoms with Gasteiger partial charge in [-0.3, -0.25) is 0 Å². The van der Waals surface area contributed by atoms with Gasteiger partial charge in [-0.25, -0.2) is 8.78 Å². The monoisotopic (exact) mass is 295 g/mol. The van der Waals surface area contributed by atoms with Gasteiger partial charge in [0.15, 0.2) is 0 Å². The molecule has 0 bridgehead atoms. The summed E-state index contributed by atoms with van der Waals surface area (Å²) in [5.74, 6) is -1.20. The van der Waals surface area contributed by atoms with E-state index in [2.05, 4.69) is 0 Å². The highest BCUT2D eigenvalue weighted by atomic mass is 35.5. The molecule has 2 N–H and O–H groups in total. The fraction of sp³-hybridized carbons (Fsp3) is 0.250. The molecule has 2 aromatic rings. The summed E-state index contributed by atoms with van der Waals surface area (Å²) in [6.45, 7) is 5.32. The number of nitrogens with two attached hydrogens (primary N) is 1. The molecule has 20 heavy (non-hydrogen) atoms. The van der Waals surface area contributed by atoms with Crippen LogP contribution in [0.1, 0.15) is 33.9 Å². The Balaban J connectivity index is 2.54. The predicted molar refractivity (Wildman–Crippen MR) is 78.1 cm³/mol. The standard InChI is InChI=1S/C16H16ClF2N/c1-8-6-13(17)9(2)4-11(8)16(20)12-5-10(3)14(18)7-15(12)19/h4-7,16H,20H2,1-3H3. The topological polar surface area (TPSA) is 26.0 Å². The Morgan fingerprint density at radius 3 is 2.10 bits per heavy atom. The normalized spacial score (nSPS) is 12.6. The number of aryl methyl sites for hydroxylation is 3. The zero-order chi connectivity index (χ0) is 15.0. The van der Waals surface area contributed by atoms with Crippen LogP contribution in [0.15, 0.2) is 24.3 Å². The smallest absolute Gasteiger partial charge is 0.131 e. The third-order valence-corrected chi connectivity index (χ3v) is 3.90. The van der Waals surface area contributed by atoms with Gasteiger partial charge in [0.1, 0.15) is 11.6 Å². The maximum Gasteiger partial charge on any atom is 0.131 e. The maximum atomic E-state index is 13.9. The summed E-state index contributed by atoms with van der Waals surface area (Å²) in [5.41, 5.74) is 9.36. The highest BCUT2D eigenvalue weighted by molar-refractivity contribution is 6.31. The van der Waals surface area contributed by atoms with Gasteiger partial charge >= 0.3 is 0 Å². The van der Waals surface area contributed by atoms with Crippen molar-refractivity contribution in [3.05, 3.63) is 68.7 Å². The summed E-state index contributed by atoms with van der Waals surface area (Å²) in [6.07, 6.45) is 0. The first-order valence-corrected chi connectivity index (χ1v) is 6.66. The Morgan fingerprint density at radius 1 is 0.850 bits per heavy atom. The van der Waals surface area contributed by atoms with Crippen LogP contribution in [0.4, 0.5) is 8.78 Å². The van der Waals surface area contributed by atoms with E-state index in [0.717, 1.165) is 22.8 Å². The van der Waals surface area contributed by atoms with E-state index in [-0.39, 0.29) is 5.56 Å². The van der Waals surface area contributed by atoms with Crippen LogP contribution in [0.3, 0.4) is 0 Å². The van der Waals surface area contributed by atoms with E-state index < -0.39 is 17.7 Å². The molecular weight excluding hydrogens is 280 g/mol. The van der Waals surface area contributed by atoms with Crippen molar-refractivity contribution in [2.24, 2.45) is 5.73 Å². The van der Waals surface area contributed by atoms with Crippen LogP contribution in [-0.2, 0) is 0 Å². The first kappa shape index (κ1) is 14.9. The number of benzene rings is 2. The van der Waals surface area contributed by atoms with Gasteiger partial charge in [-0.2, -0.15) is 0 Å². The van der Waals surface area contributed by atoms with E-state index >= 15 is 0 Å². The molecule has 0 aromatic heterocycles. The van der Waals surface area contributed by atoms with Crippen molar-refractivity contribution in [3.8, 4) is 0 Å². The highest BCUT2D eigenvalue weighted by Crippen LogP contribution is 2.29. The van der Waals surface area contributed by atoms with E-state index in [1.165, 1.54) is 6.07 Å². The van der Waals surface area contributed by atoms with Gasteiger partial charge in [-0.05, 0) is 55.2 Å². The number of hydrogen-bond acceptors (Lipinski definition) is 1. The van der Waals surface area contributed by atoms with Crippen molar-refractivity contribution < 1.29 is 8.78 Å². The Bertz CT molecular complexity index is 611. The summed E-state index contributed by atoms with van der Waals surface area (Å²) in [7, 11) is 0. The fourth-order valence-corrected chi connectivity index (χ4v) is 2.44. The zero-order valence-corrected chi connectivity index (χ0v) is 12.4. The summed E-state index contributed by atoms with van der Waals surface area (Å²) < 4.78 is 27.3. The van der Waals surface area contributed by atoms with Gasteiger partial charge < -0.3 is 5.73 Å². The van der Waals surface area contributed by atoms with Crippen LogP contribution in [0.25, 0.3) is 0 Å². The van der Waals surface area contributed by atoms with Gasteiger partial charge in [0, 0.05) is 16.7 Å². The molecule has 1 atom stereocenters. The minimum atomic E-state index is -0.648. The van der Waals surface area contributed by atoms with Crippen molar-refractivity contribution in [2.45, 2.75) is 26.8 Å². The number of rotatable bonds is 2. The average molecular weight is 296 g/mol. The lowest BCUT2D eigenvalue weighted by molar-refractivity contribution is 0.560. The lowest BCUT2D eigenvalue weighted by atomic mass is 9.93. The molecule has 1 nitrogen and oxygen atoms in total. The van der Waals surface area contributed by atoms with Gasteiger partial charge in [0.25, 0.3) is 0 Å². The lowest BCUT2D eigenvalue weighted by Crippen LogP contribution is -2.16. The van der Waals surface area contributed by atoms with E-state index in [0.29, 0.717) is 10.6 Å². The predicted octanol–water partition coefficient (Wildman–Crippen LogP) is 4.59. The lowest BCUT2D eigenvalue weighted by Gasteiger charge is -2.18. The second-order valence-electron chi connectivity index (χ2n) is 5.06. The zero-order valence-electron chi connectivity index (χ0n) is 11.6. The molecule has 0 saturated carbocycles. The number of hydrogen-bond donors (Lipinski definition) is 1. The molecular formula is C16H16ClF2N. The van der Waals surface area contributed by atoms with Crippen LogP contribution in [0.5, 0.6) is 0 Å². The second-order valence-corrected chi connectivity index (χ2v) is 5.47. The first-order chi connectivity index (χ1) is 9.31. The quantitative estimate of drug-likeness (QED) is 0.861. The summed E-state index contributed by atoms with van der Waals surface area (Å²) in [5, 5.41) is 0.647. The van der Waals surface area contributed by atoms with Crippen molar-refractivity contribution >= 4 is 11.6 Å². The Morgan fingerprint density at radius 2 is 1.45 bits per heavy atom. The Labute approximate surface area is 122 Å². The molecule has 2 rings (SSSR count). The van der Waals surface area contributed by atoms with Crippen LogP contribution in [-0.4, -0.2) is 0 Å². The molecule has 0 amide bonds. The highest BCUT2D eigenvalue weighted by Gasteiger charge is 2.18. The van der Waals surface area contributed by atoms with E-state index in [9.17, 15) is 8.78 Å². The molecule has 0 saturated heterocycles. The molecule has 0 heterocycles. The first-order valence-electron chi connectivity index (χ1n) is 6.29. The Kier molecular flexibility index (Phi) is 4.11. The number of halogens is 3. The Hall–Kier alpha value is -1.45. The largest absolute Gasteiger partial charge is 0.320 e. The van der Waals surface area contributed by atoms with Gasteiger partial charge in [0.2, 0.25) is 0 Å². The molecule has 0 spiro atoms. The van der Waals surface area contributed by atoms with Crippen LogP contribution in [0, 0.1) is 32.4 Å². The third kappa shape index (κ3) is 2.69. The SMILES string of the molecule is Cc1cc(C(N)c2cc(C)c(Cl)cc2C)c(F)cc1F. The summed E-state index contributed by atoms with van der Waals surface area (Å²) in [4.78, 5) is 0. The minimum absolute atomic E-state index is 0.286. The average Bonchev–Trinajstić information content (AvgIpc) is 2.37.